The molecule has 0 bridgehead atoms. The zero-order valence-electron chi connectivity index (χ0n) is 8.69. The molecule has 1 aromatic carbocycles. The molecule has 0 aliphatic heterocycles. The van der Waals surface area contributed by atoms with E-state index in [4.69, 9.17) is 15.6 Å². The molecule has 0 fully saturated rings. The molecule has 0 amide bonds. The fourth-order valence-electron chi connectivity index (χ4n) is 1.34. The molecule has 5 heteroatoms. The molecule has 1 aromatic rings. The van der Waals surface area contributed by atoms with Crippen LogP contribution in [0.3, 0.4) is 0 Å². The molecular formula is C11H16NNaO3. The van der Waals surface area contributed by atoms with Crippen molar-refractivity contribution in [2.75, 3.05) is 13.2 Å². The van der Waals surface area contributed by atoms with E-state index in [0.29, 0.717) is 18.9 Å². The monoisotopic (exact) mass is 233 g/mol. The van der Waals surface area contributed by atoms with Gasteiger partial charge in [-0.05, 0) is 37.6 Å². The standard InChI is InChI=1S/C11H15NO3.Na.H/c1-2-15-10-7-8(5-6-12)3-4-9(10)11(13)14;;/h3-4,7H,2,5-6,12H2,1H3,(H,13,14);;. The van der Waals surface area contributed by atoms with Crippen LogP contribution in [0.4, 0.5) is 0 Å². The van der Waals surface area contributed by atoms with E-state index in [0.717, 1.165) is 12.0 Å². The molecule has 0 radical (unpaired) electrons. The van der Waals surface area contributed by atoms with E-state index in [1.54, 1.807) is 18.2 Å². The van der Waals surface area contributed by atoms with Gasteiger partial charge in [0.15, 0.2) is 0 Å². The summed E-state index contributed by atoms with van der Waals surface area (Å²) in [6, 6.07) is 5.05. The number of benzene rings is 1. The summed E-state index contributed by atoms with van der Waals surface area (Å²) in [6.07, 6.45) is 0.722. The van der Waals surface area contributed by atoms with Gasteiger partial charge >= 0.3 is 35.5 Å². The number of hydrogen-bond acceptors (Lipinski definition) is 3. The number of carbonyl (C=O) groups is 1. The summed E-state index contributed by atoms with van der Waals surface area (Å²) in [6.45, 7) is 2.81. The van der Waals surface area contributed by atoms with Gasteiger partial charge in [-0.1, -0.05) is 6.07 Å². The van der Waals surface area contributed by atoms with Crippen LogP contribution in [0, 0.1) is 0 Å². The fraction of sp³-hybridized carbons (Fsp3) is 0.364. The second-order valence-electron chi connectivity index (χ2n) is 3.11. The van der Waals surface area contributed by atoms with E-state index in [2.05, 4.69) is 0 Å². The molecule has 0 saturated heterocycles. The summed E-state index contributed by atoms with van der Waals surface area (Å²) in [5.74, 6) is -0.561. The van der Waals surface area contributed by atoms with E-state index in [-0.39, 0.29) is 35.1 Å². The Balaban J connectivity index is 0.00000225. The van der Waals surface area contributed by atoms with Crippen molar-refractivity contribution < 1.29 is 14.6 Å². The Bertz CT molecular complexity index is 355. The second kappa shape index (κ2) is 7.68. The molecular weight excluding hydrogens is 217 g/mol. The van der Waals surface area contributed by atoms with Crippen LogP contribution in [0.2, 0.25) is 0 Å². The third-order valence-electron chi connectivity index (χ3n) is 2.01. The Hall–Kier alpha value is -0.550. The SMILES string of the molecule is CCOc1cc(CCN)ccc1C(=O)O.[NaH]. The van der Waals surface area contributed by atoms with Crippen molar-refractivity contribution in [3.63, 3.8) is 0 Å². The van der Waals surface area contributed by atoms with E-state index >= 15 is 0 Å². The van der Waals surface area contributed by atoms with Crippen molar-refractivity contribution in [1.82, 2.24) is 0 Å². The van der Waals surface area contributed by atoms with Crippen LogP contribution in [0.25, 0.3) is 0 Å². The van der Waals surface area contributed by atoms with E-state index in [1.807, 2.05) is 6.92 Å². The minimum atomic E-state index is -0.974. The molecule has 0 spiro atoms. The third kappa shape index (κ3) is 4.14. The summed E-state index contributed by atoms with van der Waals surface area (Å²) >= 11 is 0. The van der Waals surface area contributed by atoms with Crippen LogP contribution in [0.1, 0.15) is 22.8 Å². The van der Waals surface area contributed by atoms with Crippen molar-refractivity contribution in [1.29, 1.82) is 0 Å². The molecule has 0 aliphatic carbocycles. The third-order valence-corrected chi connectivity index (χ3v) is 2.01. The van der Waals surface area contributed by atoms with Crippen molar-refractivity contribution in [3.8, 4) is 5.75 Å². The summed E-state index contributed by atoms with van der Waals surface area (Å²) in [7, 11) is 0. The van der Waals surface area contributed by atoms with Gasteiger partial charge in [-0.2, -0.15) is 0 Å². The Morgan fingerprint density at radius 2 is 2.19 bits per heavy atom. The number of aromatic carboxylic acids is 1. The maximum atomic E-state index is 10.9. The van der Waals surface area contributed by atoms with Crippen LogP contribution in [-0.2, 0) is 6.42 Å². The number of nitrogens with two attached hydrogens (primary N) is 1. The van der Waals surface area contributed by atoms with Gasteiger partial charge in [-0.3, -0.25) is 0 Å². The average Bonchev–Trinajstić information content (AvgIpc) is 2.18. The first kappa shape index (κ1) is 15.4. The Morgan fingerprint density at radius 1 is 1.50 bits per heavy atom. The topological polar surface area (TPSA) is 72.5 Å². The molecule has 0 unspecified atom stereocenters. The summed E-state index contributed by atoms with van der Waals surface area (Å²) in [4.78, 5) is 10.9. The van der Waals surface area contributed by atoms with E-state index < -0.39 is 5.97 Å². The molecule has 0 heterocycles. The first-order valence-electron chi connectivity index (χ1n) is 4.88. The van der Waals surface area contributed by atoms with Gasteiger partial charge < -0.3 is 15.6 Å². The number of ether oxygens (including phenoxy) is 1. The first-order valence-corrected chi connectivity index (χ1v) is 4.88. The fourth-order valence-corrected chi connectivity index (χ4v) is 1.34. The molecule has 84 valence electrons. The summed E-state index contributed by atoms with van der Waals surface area (Å²) in [5.41, 5.74) is 6.61. The minimum absolute atomic E-state index is 0. The predicted molar refractivity (Wildman–Crippen MR) is 64.5 cm³/mol. The van der Waals surface area contributed by atoms with Crippen molar-refractivity contribution in [3.05, 3.63) is 29.3 Å². The van der Waals surface area contributed by atoms with Crippen LogP contribution in [-0.4, -0.2) is 53.8 Å². The first-order chi connectivity index (χ1) is 7.19. The Morgan fingerprint density at radius 3 is 2.69 bits per heavy atom. The van der Waals surface area contributed by atoms with Gasteiger partial charge in [0, 0.05) is 0 Å². The number of carboxylic acid groups (broad SMARTS) is 1. The molecule has 4 nitrogen and oxygen atoms in total. The number of hydrogen-bond donors (Lipinski definition) is 2. The summed E-state index contributed by atoms with van der Waals surface area (Å²) in [5, 5.41) is 8.91. The van der Waals surface area contributed by atoms with Gasteiger partial charge in [0.1, 0.15) is 11.3 Å². The Kier molecular flexibility index (Phi) is 7.42. The zero-order chi connectivity index (χ0) is 11.3. The van der Waals surface area contributed by atoms with Crippen molar-refractivity contribution in [2.24, 2.45) is 5.73 Å². The van der Waals surface area contributed by atoms with Crippen LogP contribution >= 0.6 is 0 Å². The number of rotatable bonds is 5. The van der Waals surface area contributed by atoms with Crippen molar-refractivity contribution in [2.45, 2.75) is 13.3 Å². The molecule has 0 aromatic heterocycles. The molecule has 1 rings (SSSR count). The predicted octanol–water partition coefficient (Wildman–Crippen LogP) is 0.636. The van der Waals surface area contributed by atoms with E-state index in [1.165, 1.54) is 0 Å². The average molecular weight is 233 g/mol. The van der Waals surface area contributed by atoms with Crippen LogP contribution in [0.5, 0.6) is 5.75 Å². The second-order valence-corrected chi connectivity index (χ2v) is 3.11. The molecule has 0 saturated carbocycles. The van der Waals surface area contributed by atoms with Gasteiger partial charge in [-0.15, -0.1) is 0 Å². The molecule has 0 aliphatic rings. The van der Waals surface area contributed by atoms with Crippen LogP contribution in [0.15, 0.2) is 18.2 Å². The summed E-state index contributed by atoms with van der Waals surface area (Å²) < 4.78 is 5.26. The van der Waals surface area contributed by atoms with Gasteiger partial charge in [-0.25, -0.2) is 4.79 Å². The van der Waals surface area contributed by atoms with Gasteiger partial charge in [0.25, 0.3) is 0 Å². The van der Waals surface area contributed by atoms with Crippen molar-refractivity contribution >= 4 is 35.5 Å². The van der Waals surface area contributed by atoms with E-state index in [9.17, 15) is 4.79 Å². The maximum absolute atomic E-state index is 10.9. The molecule has 0 atom stereocenters. The van der Waals surface area contributed by atoms with Crippen LogP contribution < -0.4 is 10.5 Å². The van der Waals surface area contributed by atoms with Gasteiger partial charge in [0.2, 0.25) is 0 Å². The normalized spacial score (nSPS) is 9.38. The molecule has 16 heavy (non-hydrogen) atoms. The quantitative estimate of drug-likeness (QED) is 0.732. The van der Waals surface area contributed by atoms with Gasteiger partial charge in [0.05, 0.1) is 6.61 Å². The zero-order valence-corrected chi connectivity index (χ0v) is 8.69. The Labute approximate surface area is 117 Å². The molecule has 3 N–H and O–H groups in total. The number of carboxylic acids is 1.